The summed E-state index contributed by atoms with van der Waals surface area (Å²) in [7, 11) is 0. The number of unbranched alkanes of at least 4 members (excludes halogenated alkanes) is 26. The predicted octanol–water partition coefficient (Wildman–Crippen LogP) is 22.7. The van der Waals surface area contributed by atoms with E-state index in [-0.39, 0.29) is 30.6 Å². The lowest BCUT2D eigenvalue weighted by Gasteiger charge is -2.13. The minimum Gasteiger partial charge on any atom is -0.494 e. The van der Waals surface area contributed by atoms with Gasteiger partial charge in [0.05, 0.1) is 49.8 Å². The van der Waals surface area contributed by atoms with E-state index in [4.69, 9.17) is 37.9 Å². The van der Waals surface area contributed by atoms with Crippen molar-refractivity contribution in [3.8, 4) is 45.3 Å². The molecule has 0 aromatic heterocycles. The Bertz CT molecular complexity index is 2820. The first-order valence-electron chi connectivity index (χ1n) is 37.4. The third-order valence-corrected chi connectivity index (χ3v) is 17.7. The van der Waals surface area contributed by atoms with Crippen LogP contribution in [0.1, 0.15) is 271 Å². The van der Waals surface area contributed by atoms with Gasteiger partial charge >= 0.3 is 23.9 Å². The van der Waals surface area contributed by atoms with E-state index in [9.17, 15) is 19.2 Å². The summed E-state index contributed by atoms with van der Waals surface area (Å²) < 4.78 is 46.2. The Hall–Kier alpha value is -7.60. The maximum atomic E-state index is 12.7. The SMILES string of the molecule is CCCCCCCCCC(C)OC(=O)c1ccc(COc2ccc(-c3ccc(OCCCCCCCCCCOC(=O)CC(=O)OCCCCCCCCCCOc4ccc(-c5ccc(OCc6ccc(C(=O)OC(C)CCCCCCCCC)cc6)cc5)cc4)cc3)cc2)cc1. The lowest BCUT2D eigenvalue weighted by Crippen LogP contribution is -2.15. The van der Waals surface area contributed by atoms with Gasteiger partial charge in [0.25, 0.3) is 0 Å². The van der Waals surface area contributed by atoms with Crippen LogP contribution in [0.2, 0.25) is 0 Å². The van der Waals surface area contributed by atoms with Gasteiger partial charge in [0.1, 0.15) is 42.6 Å². The van der Waals surface area contributed by atoms with Crippen LogP contribution >= 0.6 is 0 Å². The molecule has 12 heteroatoms. The fraction of sp³-hybridized carbons (Fsp3) is 0.529. The van der Waals surface area contributed by atoms with Gasteiger partial charge < -0.3 is 37.9 Å². The minimum atomic E-state index is -0.513. The van der Waals surface area contributed by atoms with Gasteiger partial charge in [-0.25, -0.2) is 9.59 Å². The molecule has 0 heterocycles. The lowest BCUT2D eigenvalue weighted by molar-refractivity contribution is -0.154. The van der Waals surface area contributed by atoms with E-state index in [1.54, 1.807) is 0 Å². The highest BCUT2D eigenvalue weighted by atomic mass is 16.6. The summed E-state index contributed by atoms with van der Waals surface area (Å²) in [5, 5.41) is 0. The van der Waals surface area contributed by atoms with Crippen molar-refractivity contribution in [2.24, 2.45) is 0 Å². The van der Waals surface area contributed by atoms with Crippen LogP contribution in [0.5, 0.6) is 23.0 Å². The maximum Gasteiger partial charge on any atom is 0.338 e. The van der Waals surface area contributed by atoms with Gasteiger partial charge in [-0.05, 0) is 171 Å². The molecule has 0 spiro atoms. The van der Waals surface area contributed by atoms with Crippen molar-refractivity contribution in [3.63, 3.8) is 0 Å². The van der Waals surface area contributed by atoms with Crippen LogP contribution in [-0.2, 0) is 41.8 Å². The van der Waals surface area contributed by atoms with Crippen molar-refractivity contribution in [2.45, 2.75) is 265 Å². The Kier molecular flexibility index (Phi) is 39.6. The monoisotopic (exact) mass is 1330 g/mol. The Morgan fingerprint density at radius 3 is 0.845 bits per heavy atom. The van der Waals surface area contributed by atoms with Gasteiger partial charge in [-0.15, -0.1) is 0 Å². The summed E-state index contributed by atoms with van der Waals surface area (Å²) in [6.45, 7) is 11.3. The Balaban J connectivity index is 0.668. The number of hydrogen-bond acceptors (Lipinski definition) is 12. The highest BCUT2D eigenvalue weighted by molar-refractivity contribution is 5.91. The molecule has 0 radical (unpaired) electrons. The van der Waals surface area contributed by atoms with Gasteiger partial charge in [0.2, 0.25) is 0 Å². The van der Waals surface area contributed by atoms with E-state index in [1.165, 1.54) is 89.9 Å². The fourth-order valence-electron chi connectivity index (χ4n) is 11.7. The molecule has 0 saturated heterocycles. The van der Waals surface area contributed by atoms with Gasteiger partial charge in [-0.3, -0.25) is 9.59 Å². The first-order chi connectivity index (χ1) is 47.5. The van der Waals surface area contributed by atoms with Crippen LogP contribution in [0.3, 0.4) is 0 Å². The highest BCUT2D eigenvalue weighted by Crippen LogP contribution is 2.28. The largest absolute Gasteiger partial charge is 0.494 e. The molecule has 6 aromatic rings. The third-order valence-electron chi connectivity index (χ3n) is 17.7. The molecule has 528 valence electrons. The molecule has 0 aliphatic heterocycles. The van der Waals surface area contributed by atoms with Crippen molar-refractivity contribution in [2.75, 3.05) is 26.4 Å². The molecular formula is C85H116O12. The first-order valence-corrected chi connectivity index (χ1v) is 37.4. The third kappa shape index (κ3) is 34.5. The topological polar surface area (TPSA) is 142 Å². The zero-order valence-electron chi connectivity index (χ0n) is 59.5. The number of benzene rings is 6. The molecule has 12 nitrogen and oxygen atoms in total. The van der Waals surface area contributed by atoms with E-state index in [2.05, 4.69) is 62.4 Å². The lowest BCUT2D eigenvalue weighted by atomic mass is 10.1. The summed E-state index contributed by atoms with van der Waals surface area (Å²) in [6.07, 6.45) is 35.7. The molecule has 6 rings (SSSR count). The van der Waals surface area contributed by atoms with Crippen LogP contribution in [0.4, 0.5) is 0 Å². The van der Waals surface area contributed by atoms with Gasteiger partial charge in [0, 0.05) is 0 Å². The predicted molar refractivity (Wildman–Crippen MR) is 392 cm³/mol. The van der Waals surface area contributed by atoms with Crippen LogP contribution in [0, 0.1) is 0 Å². The average molecular weight is 1330 g/mol. The molecule has 0 fully saturated rings. The molecule has 97 heavy (non-hydrogen) atoms. The summed E-state index contributed by atoms with van der Waals surface area (Å²) >= 11 is 0. The zero-order valence-corrected chi connectivity index (χ0v) is 59.5. The summed E-state index contributed by atoms with van der Waals surface area (Å²) in [5.41, 5.74) is 7.51. The standard InChI is InChI=1S/C85H116O12/c1-5-7-9-11-17-23-29-35-68(3)96-84(88)76-41-37-70(38-42-76)66-94-80-57-49-74(50-58-80)72-45-53-78(54-46-72)90-61-31-25-19-13-15-21-27-33-63-92-82(86)65-83(87)93-64-34-28-22-16-14-20-26-32-62-91-79-55-47-73(48-56-79)75-51-59-81(60-52-75)95-67-71-39-43-77(44-40-71)85(89)97-69(4)36-30-24-18-12-10-8-6-2/h37-60,68-69H,5-36,61-67H2,1-4H3. The van der Waals surface area contributed by atoms with Crippen LogP contribution in [0.15, 0.2) is 146 Å². The second-order valence-corrected chi connectivity index (χ2v) is 26.3. The second kappa shape index (κ2) is 49.0. The van der Waals surface area contributed by atoms with Crippen molar-refractivity contribution in [3.05, 3.63) is 168 Å². The Labute approximate surface area is 582 Å². The maximum absolute atomic E-state index is 12.7. The average Bonchev–Trinajstić information content (AvgIpc) is 1.14. The molecule has 0 saturated carbocycles. The molecule has 2 unspecified atom stereocenters. The molecule has 0 aliphatic rings. The Morgan fingerprint density at radius 2 is 0.546 bits per heavy atom. The molecule has 6 aromatic carbocycles. The van der Waals surface area contributed by atoms with Crippen LogP contribution in [-0.4, -0.2) is 62.5 Å². The van der Waals surface area contributed by atoms with Crippen molar-refractivity contribution in [1.82, 2.24) is 0 Å². The molecule has 0 aliphatic carbocycles. The van der Waals surface area contributed by atoms with E-state index >= 15 is 0 Å². The molecule has 0 amide bonds. The van der Waals surface area contributed by atoms with Gasteiger partial charge in [-0.1, -0.05) is 241 Å². The number of rotatable bonds is 54. The summed E-state index contributed by atoms with van der Waals surface area (Å²) in [5.74, 6) is 1.72. The first kappa shape index (κ1) is 78.4. The van der Waals surface area contributed by atoms with E-state index < -0.39 is 11.9 Å². The zero-order chi connectivity index (χ0) is 68.6. The second-order valence-electron chi connectivity index (χ2n) is 26.3. The number of esters is 4. The molecular weight excluding hydrogens is 1210 g/mol. The van der Waals surface area contributed by atoms with Crippen molar-refractivity contribution < 1.29 is 57.1 Å². The van der Waals surface area contributed by atoms with Crippen LogP contribution < -0.4 is 18.9 Å². The van der Waals surface area contributed by atoms with Crippen molar-refractivity contribution >= 4 is 23.9 Å². The number of carbonyl (C=O) groups is 4. The van der Waals surface area contributed by atoms with Gasteiger partial charge in [-0.2, -0.15) is 0 Å². The highest BCUT2D eigenvalue weighted by Gasteiger charge is 2.16. The van der Waals surface area contributed by atoms with Gasteiger partial charge in [0.15, 0.2) is 0 Å². The molecule has 0 N–H and O–H groups in total. The van der Waals surface area contributed by atoms with E-state index in [1.807, 2.05) is 111 Å². The molecule has 0 bridgehead atoms. The van der Waals surface area contributed by atoms with Crippen molar-refractivity contribution in [1.29, 1.82) is 0 Å². The summed E-state index contributed by atoms with van der Waals surface area (Å²) in [4.78, 5) is 49.8. The van der Waals surface area contributed by atoms with E-state index in [0.717, 1.165) is 172 Å². The smallest absolute Gasteiger partial charge is 0.338 e. The fourth-order valence-corrected chi connectivity index (χ4v) is 11.7. The minimum absolute atomic E-state index is 0.0860. The number of hydrogen-bond donors (Lipinski definition) is 0. The number of carbonyl (C=O) groups excluding carboxylic acids is 4. The summed E-state index contributed by atoms with van der Waals surface area (Å²) in [6, 6.07) is 47.6. The number of ether oxygens (including phenoxy) is 8. The van der Waals surface area contributed by atoms with E-state index in [0.29, 0.717) is 50.8 Å². The normalized spacial score (nSPS) is 11.8. The van der Waals surface area contributed by atoms with Crippen LogP contribution in [0.25, 0.3) is 22.3 Å². The quantitative estimate of drug-likeness (QED) is 0.0155. The molecule has 2 atom stereocenters. The Morgan fingerprint density at radius 1 is 0.289 bits per heavy atom.